The monoisotopic (exact) mass is 428 g/mol. The maximum absolute atomic E-state index is 11.0. The maximum Gasteiger partial charge on any atom is 0.143 e. The van der Waals surface area contributed by atoms with Crippen LogP contribution < -0.4 is 0 Å². The number of unbranched alkanes of at least 4 members (excludes halogenated alkanes) is 6. The standard InChI is InChI=1S/C30H36O2/c1-26(31)18-10-5-3-2-4-6-17-25-32-30(27-19-11-7-12-20-27,28-21-13-8-14-22-28)29-23-15-9-16-24-29/h7-9,11-16,19-24H,2-6,10,17-18,25H2,1H3. The topological polar surface area (TPSA) is 26.3 Å². The molecule has 0 aliphatic heterocycles. The van der Waals surface area contributed by atoms with Gasteiger partial charge in [-0.05, 0) is 36.5 Å². The molecule has 0 aliphatic rings. The van der Waals surface area contributed by atoms with Crippen molar-refractivity contribution in [3.63, 3.8) is 0 Å². The highest BCUT2D eigenvalue weighted by Crippen LogP contribution is 2.40. The molecule has 0 saturated heterocycles. The normalized spacial score (nSPS) is 11.4. The highest BCUT2D eigenvalue weighted by atomic mass is 16.5. The zero-order valence-electron chi connectivity index (χ0n) is 19.3. The van der Waals surface area contributed by atoms with E-state index in [4.69, 9.17) is 4.74 Å². The first-order chi connectivity index (χ1) is 15.7. The van der Waals surface area contributed by atoms with E-state index in [0.717, 1.165) is 42.4 Å². The number of ether oxygens (including phenoxy) is 1. The van der Waals surface area contributed by atoms with E-state index in [1.54, 1.807) is 6.92 Å². The van der Waals surface area contributed by atoms with Crippen LogP contribution in [-0.4, -0.2) is 12.4 Å². The molecule has 0 amide bonds. The molecule has 3 rings (SSSR count). The number of benzene rings is 3. The third-order valence-corrected chi connectivity index (χ3v) is 6.03. The third-order valence-electron chi connectivity index (χ3n) is 6.03. The van der Waals surface area contributed by atoms with Gasteiger partial charge in [0.05, 0.1) is 0 Å². The highest BCUT2D eigenvalue weighted by molar-refractivity contribution is 5.75. The summed E-state index contributed by atoms with van der Waals surface area (Å²) in [7, 11) is 0. The lowest BCUT2D eigenvalue weighted by molar-refractivity contribution is -0.117. The average molecular weight is 429 g/mol. The molecule has 2 heteroatoms. The van der Waals surface area contributed by atoms with Gasteiger partial charge in [-0.25, -0.2) is 0 Å². The summed E-state index contributed by atoms with van der Waals surface area (Å²) < 4.78 is 6.82. The molecule has 0 spiro atoms. The summed E-state index contributed by atoms with van der Waals surface area (Å²) in [5.74, 6) is 0.306. The molecule has 0 unspecified atom stereocenters. The Morgan fingerprint density at radius 2 is 0.969 bits per heavy atom. The number of carbonyl (C=O) groups excluding carboxylic acids is 1. The maximum atomic E-state index is 11.0. The first-order valence-electron chi connectivity index (χ1n) is 12.0. The molecular formula is C30H36O2. The van der Waals surface area contributed by atoms with Crippen LogP contribution >= 0.6 is 0 Å². The molecule has 0 heterocycles. The lowest BCUT2D eigenvalue weighted by Gasteiger charge is -2.36. The van der Waals surface area contributed by atoms with Crippen molar-refractivity contribution in [3.8, 4) is 0 Å². The van der Waals surface area contributed by atoms with Gasteiger partial charge in [0.2, 0.25) is 0 Å². The number of carbonyl (C=O) groups is 1. The van der Waals surface area contributed by atoms with Gasteiger partial charge < -0.3 is 9.53 Å². The van der Waals surface area contributed by atoms with Crippen LogP contribution in [-0.2, 0) is 15.1 Å². The number of ketones is 1. The Hall–Kier alpha value is -2.71. The summed E-state index contributed by atoms with van der Waals surface area (Å²) in [5, 5.41) is 0. The molecule has 0 aliphatic carbocycles. The van der Waals surface area contributed by atoms with Gasteiger partial charge in [0.25, 0.3) is 0 Å². The van der Waals surface area contributed by atoms with Gasteiger partial charge in [-0.2, -0.15) is 0 Å². The van der Waals surface area contributed by atoms with Gasteiger partial charge in [0.1, 0.15) is 11.4 Å². The second kappa shape index (κ2) is 13.0. The Morgan fingerprint density at radius 3 is 1.38 bits per heavy atom. The molecule has 0 N–H and O–H groups in total. The molecular weight excluding hydrogens is 392 g/mol. The first-order valence-corrected chi connectivity index (χ1v) is 12.0. The molecule has 168 valence electrons. The summed E-state index contributed by atoms with van der Waals surface area (Å²) in [6.07, 6.45) is 8.81. The van der Waals surface area contributed by atoms with Crippen molar-refractivity contribution in [3.05, 3.63) is 108 Å². The van der Waals surface area contributed by atoms with Crippen molar-refractivity contribution in [2.24, 2.45) is 0 Å². The van der Waals surface area contributed by atoms with Crippen molar-refractivity contribution in [2.75, 3.05) is 6.61 Å². The first kappa shape index (κ1) is 23.9. The van der Waals surface area contributed by atoms with Crippen LogP contribution in [0.5, 0.6) is 0 Å². The molecule has 3 aromatic carbocycles. The molecule has 3 aromatic rings. The number of hydrogen-bond acceptors (Lipinski definition) is 2. The predicted octanol–water partition coefficient (Wildman–Crippen LogP) is 7.70. The Bertz CT molecular complexity index is 807. The fourth-order valence-corrected chi connectivity index (χ4v) is 4.35. The van der Waals surface area contributed by atoms with E-state index in [9.17, 15) is 4.79 Å². The highest BCUT2D eigenvalue weighted by Gasteiger charge is 2.37. The summed E-state index contributed by atoms with van der Waals surface area (Å²) >= 11 is 0. The van der Waals surface area contributed by atoms with E-state index in [1.165, 1.54) is 25.7 Å². The van der Waals surface area contributed by atoms with E-state index < -0.39 is 5.60 Å². The van der Waals surface area contributed by atoms with Crippen LogP contribution in [0.2, 0.25) is 0 Å². The zero-order valence-corrected chi connectivity index (χ0v) is 19.3. The van der Waals surface area contributed by atoms with E-state index in [2.05, 4.69) is 91.0 Å². The number of Topliss-reactive ketones (excluding diaryl/α,β-unsaturated/α-hetero) is 1. The van der Waals surface area contributed by atoms with Crippen LogP contribution in [0.25, 0.3) is 0 Å². The summed E-state index contributed by atoms with van der Waals surface area (Å²) in [6, 6.07) is 31.7. The van der Waals surface area contributed by atoms with Crippen molar-refractivity contribution in [2.45, 2.75) is 63.9 Å². The van der Waals surface area contributed by atoms with E-state index >= 15 is 0 Å². The largest absolute Gasteiger partial charge is 0.361 e. The molecule has 0 aromatic heterocycles. The van der Waals surface area contributed by atoms with Gasteiger partial charge in [0.15, 0.2) is 0 Å². The second-order valence-corrected chi connectivity index (χ2v) is 8.55. The summed E-state index contributed by atoms with van der Waals surface area (Å²) in [5.41, 5.74) is 2.85. The Labute approximate surface area is 193 Å². The molecule has 32 heavy (non-hydrogen) atoms. The van der Waals surface area contributed by atoms with Crippen molar-refractivity contribution in [1.29, 1.82) is 0 Å². The smallest absolute Gasteiger partial charge is 0.143 e. The average Bonchev–Trinajstić information content (AvgIpc) is 2.84. The van der Waals surface area contributed by atoms with Gasteiger partial charge in [-0.3, -0.25) is 0 Å². The third kappa shape index (κ3) is 6.64. The van der Waals surface area contributed by atoms with Crippen LogP contribution in [0.15, 0.2) is 91.0 Å². The van der Waals surface area contributed by atoms with Crippen LogP contribution in [0, 0.1) is 0 Å². The molecule has 0 fully saturated rings. The molecule has 0 bridgehead atoms. The molecule has 0 saturated carbocycles. The summed E-state index contributed by atoms with van der Waals surface area (Å²) in [6.45, 7) is 2.39. The minimum absolute atomic E-state index is 0.306. The fraction of sp³-hybridized carbons (Fsp3) is 0.367. The van der Waals surface area contributed by atoms with Crippen LogP contribution in [0.4, 0.5) is 0 Å². The number of rotatable bonds is 14. The minimum atomic E-state index is -0.615. The fourth-order valence-electron chi connectivity index (χ4n) is 4.35. The quantitative estimate of drug-likeness (QED) is 0.194. The predicted molar refractivity (Wildman–Crippen MR) is 133 cm³/mol. The Morgan fingerprint density at radius 1 is 0.594 bits per heavy atom. The van der Waals surface area contributed by atoms with Gasteiger partial charge in [-0.1, -0.05) is 123 Å². The summed E-state index contributed by atoms with van der Waals surface area (Å²) in [4.78, 5) is 11.0. The van der Waals surface area contributed by atoms with E-state index in [0.29, 0.717) is 12.4 Å². The van der Waals surface area contributed by atoms with Crippen molar-refractivity contribution < 1.29 is 9.53 Å². The molecule has 2 nitrogen and oxygen atoms in total. The zero-order chi connectivity index (χ0) is 22.5. The van der Waals surface area contributed by atoms with Gasteiger partial charge in [-0.15, -0.1) is 0 Å². The Balaban J connectivity index is 1.66. The van der Waals surface area contributed by atoms with Crippen molar-refractivity contribution in [1.82, 2.24) is 0 Å². The van der Waals surface area contributed by atoms with E-state index in [1.807, 2.05) is 0 Å². The van der Waals surface area contributed by atoms with Crippen LogP contribution in [0.1, 0.15) is 75.0 Å². The lowest BCUT2D eigenvalue weighted by Crippen LogP contribution is -2.33. The van der Waals surface area contributed by atoms with Gasteiger partial charge in [0, 0.05) is 13.0 Å². The SMILES string of the molecule is CC(=O)CCCCCCCCCOC(c1ccccc1)(c1ccccc1)c1ccccc1. The second-order valence-electron chi connectivity index (χ2n) is 8.55. The minimum Gasteiger partial charge on any atom is -0.361 e. The Kier molecular flexibility index (Phi) is 9.71. The molecule has 0 atom stereocenters. The lowest BCUT2D eigenvalue weighted by atomic mass is 9.80. The van der Waals surface area contributed by atoms with Gasteiger partial charge >= 0.3 is 0 Å². The van der Waals surface area contributed by atoms with Crippen LogP contribution in [0.3, 0.4) is 0 Å². The van der Waals surface area contributed by atoms with Crippen molar-refractivity contribution >= 4 is 5.78 Å². The number of hydrogen-bond donors (Lipinski definition) is 0. The van der Waals surface area contributed by atoms with E-state index in [-0.39, 0.29) is 0 Å². The molecule has 0 radical (unpaired) electrons.